The predicted octanol–water partition coefficient (Wildman–Crippen LogP) is 4.67. The number of halogens is 3. The first-order valence-corrected chi connectivity index (χ1v) is 9.09. The molecule has 0 saturated carbocycles. The maximum Gasteiger partial charge on any atom is 0.262 e. The lowest BCUT2D eigenvalue weighted by molar-refractivity contribution is 0.414. The van der Waals surface area contributed by atoms with Crippen LogP contribution in [0.4, 0.5) is 5.69 Å². The second-order valence-electron chi connectivity index (χ2n) is 4.03. The normalized spacial score (nSPS) is 11.2. The van der Waals surface area contributed by atoms with Gasteiger partial charge in [-0.05, 0) is 52.3 Å². The van der Waals surface area contributed by atoms with Gasteiger partial charge in [0.2, 0.25) is 0 Å². The molecule has 0 bridgehead atoms. The molecule has 2 aromatic rings. The van der Waals surface area contributed by atoms with Gasteiger partial charge in [0, 0.05) is 9.50 Å². The number of hydrogen-bond acceptors (Lipinski definition) is 3. The molecule has 2 rings (SSSR count). The second-order valence-corrected chi connectivity index (χ2v) is 7.92. The van der Waals surface area contributed by atoms with E-state index in [1.165, 1.54) is 25.3 Å². The molecule has 0 saturated heterocycles. The Bertz CT molecular complexity index is 764. The van der Waals surface area contributed by atoms with Crippen molar-refractivity contribution in [2.75, 3.05) is 11.8 Å². The zero-order chi connectivity index (χ0) is 15.6. The number of rotatable bonds is 4. The van der Waals surface area contributed by atoms with E-state index in [9.17, 15) is 8.42 Å². The van der Waals surface area contributed by atoms with Crippen molar-refractivity contribution in [1.82, 2.24) is 0 Å². The Kier molecular flexibility index (Phi) is 5.19. The molecule has 0 heterocycles. The average molecular weight is 456 g/mol. The van der Waals surface area contributed by atoms with Crippen LogP contribution < -0.4 is 9.46 Å². The molecule has 112 valence electrons. The van der Waals surface area contributed by atoms with Gasteiger partial charge in [0.25, 0.3) is 10.0 Å². The third-order valence-corrected chi connectivity index (χ3v) is 5.30. The van der Waals surface area contributed by atoms with Crippen LogP contribution in [0, 0.1) is 0 Å². The number of hydrogen-bond donors (Lipinski definition) is 1. The van der Waals surface area contributed by atoms with E-state index in [0.29, 0.717) is 15.2 Å². The minimum Gasteiger partial charge on any atom is -0.493 e. The van der Waals surface area contributed by atoms with Gasteiger partial charge in [-0.2, -0.15) is 0 Å². The maximum absolute atomic E-state index is 12.4. The Balaban J connectivity index is 2.43. The topological polar surface area (TPSA) is 55.4 Å². The van der Waals surface area contributed by atoms with Crippen LogP contribution in [-0.4, -0.2) is 15.5 Å². The Hall–Kier alpha value is -0.760. The van der Waals surface area contributed by atoms with Crippen molar-refractivity contribution in [3.05, 3.63) is 50.4 Å². The number of methoxy groups -OCH3 is 1. The molecule has 0 spiro atoms. The highest BCUT2D eigenvalue weighted by Crippen LogP contribution is 2.37. The van der Waals surface area contributed by atoms with Gasteiger partial charge in [0.15, 0.2) is 5.75 Å². The number of sulfonamides is 1. The SMILES string of the molecule is COc1c(Br)cc(Cl)cc1NS(=O)(=O)c1ccc(Br)cc1. The molecule has 2 aromatic carbocycles. The molecule has 0 unspecified atom stereocenters. The highest BCUT2D eigenvalue weighted by atomic mass is 79.9. The van der Waals surface area contributed by atoms with Gasteiger partial charge < -0.3 is 4.74 Å². The first-order valence-electron chi connectivity index (χ1n) is 5.65. The van der Waals surface area contributed by atoms with E-state index >= 15 is 0 Å². The first kappa shape index (κ1) is 16.6. The van der Waals surface area contributed by atoms with Crippen LogP contribution in [-0.2, 0) is 10.0 Å². The van der Waals surface area contributed by atoms with Crippen molar-refractivity contribution in [1.29, 1.82) is 0 Å². The summed E-state index contributed by atoms with van der Waals surface area (Å²) in [6.07, 6.45) is 0. The van der Waals surface area contributed by atoms with E-state index in [0.717, 1.165) is 4.47 Å². The van der Waals surface area contributed by atoms with E-state index in [1.54, 1.807) is 18.2 Å². The molecule has 1 N–H and O–H groups in total. The molecule has 0 radical (unpaired) electrons. The van der Waals surface area contributed by atoms with Crippen LogP contribution in [0.25, 0.3) is 0 Å². The molecule has 0 aromatic heterocycles. The quantitative estimate of drug-likeness (QED) is 0.729. The summed E-state index contributed by atoms with van der Waals surface area (Å²) >= 11 is 12.5. The lowest BCUT2D eigenvalue weighted by Crippen LogP contribution is -2.13. The van der Waals surface area contributed by atoms with E-state index in [1.807, 2.05) is 0 Å². The molecule has 0 aliphatic carbocycles. The highest BCUT2D eigenvalue weighted by Gasteiger charge is 2.18. The van der Waals surface area contributed by atoms with Gasteiger partial charge in [0.05, 0.1) is 22.2 Å². The second kappa shape index (κ2) is 6.56. The summed E-state index contributed by atoms with van der Waals surface area (Å²) in [6.45, 7) is 0. The van der Waals surface area contributed by atoms with Crippen molar-refractivity contribution < 1.29 is 13.2 Å². The Labute approximate surface area is 144 Å². The van der Waals surface area contributed by atoms with E-state index < -0.39 is 10.0 Å². The summed E-state index contributed by atoms with van der Waals surface area (Å²) < 4.78 is 33.7. The van der Waals surface area contributed by atoms with Crippen LogP contribution in [0.3, 0.4) is 0 Å². The number of ether oxygens (including phenoxy) is 1. The van der Waals surface area contributed by atoms with Gasteiger partial charge in [-0.15, -0.1) is 0 Å². The fraction of sp³-hybridized carbons (Fsp3) is 0.0769. The lowest BCUT2D eigenvalue weighted by Gasteiger charge is -2.13. The molecule has 8 heteroatoms. The summed E-state index contributed by atoms with van der Waals surface area (Å²) in [5, 5.41) is 0.385. The fourth-order valence-corrected chi connectivity index (χ4v) is 3.95. The minimum absolute atomic E-state index is 0.142. The Morgan fingerprint density at radius 3 is 2.33 bits per heavy atom. The predicted molar refractivity (Wildman–Crippen MR) is 90.7 cm³/mol. The molecular formula is C13H10Br2ClNO3S. The van der Waals surface area contributed by atoms with Gasteiger partial charge in [-0.25, -0.2) is 8.42 Å². The molecule has 0 fully saturated rings. The van der Waals surface area contributed by atoms with Crippen molar-refractivity contribution >= 4 is 59.2 Å². The Morgan fingerprint density at radius 1 is 1.14 bits per heavy atom. The smallest absolute Gasteiger partial charge is 0.262 e. The summed E-state index contributed by atoms with van der Waals surface area (Å²) in [5.74, 6) is 0.361. The van der Waals surface area contributed by atoms with Crippen molar-refractivity contribution in [2.24, 2.45) is 0 Å². The number of benzene rings is 2. The molecule has 0 amide bonds. The van der Waals surface area contributed by atoms with Crippen molar-refractivity contribution in [3.8, 4) is 5.75 Å². The third kappa shape index (κ3) is 3.91. The van der Waals surface area contributed by atoms with E-state index in [4.69, 9.17) is 16.3 Å². The molecule has 0 aliphatic rings. The van der Waals surface area contributed by atoms with Crippen LogP contribution >= 0.6 is 43.5 Å². The van der Waals surface area contributed by atoms with Crippen molar-refractivity contribution in [3.63, 3.8) is 0 Å². The van der Waals surface area contributed by atoms with E-state index in [-0.39, 0.29) is 10.6 Å². The summed E-state index contributed by atoms with van der Waals surface area (Å²) in [4.78, 5) is 0.142. The Morgan fingerprint density at radius 2 is 1.76 bits per heavy atom. The monoisotopic (exact) mass is 453 g/mol. The highest BCUT2D eigenvalue weighted by molar-refractivity contribution is 9.10. The van der Waals surface area contributed by atoms with Crippen LogP contribution in [0.1, 0.15) is 0 Å². The van der Waals surface area contributed by atoms with E-state index in [2.05, 4.69) is 36.6 Å². The lowest BCUT2D eigenvalue weighted by atomic mass is 10.3. The third-order valence-electron chi connectivity index (χ3n) is 2.58. The maximum atomic E-state index is 12.4. The summed E-state index contributed by atoms with van der Waals surface area (Å²) in [5.41, 5.74) is 0.264. The van der Waals surface area contributed by atoms with Crippen LogP contribution in [0.15, 0.2) is 50.2 Å². The summed E-state index contributed by atoms with van der Waals surface area (Å²) in [6, 6.07) is 9.41. The largest absolute Gasteiger partial charge is 0.493 e. The molecular weight excluding hydrogens is 445 g/mol. The van der Waals surface area contributed by atoms with Gasteiger partial charge in [0.1, 0.15) is 0 Å². The average Bonchev–Trinajstić information content (AvgIpc) is 2.38. The number of anilines is 1. The zero-order valence-corrected chi connectivity index (χ0v) is 15.5. The molecule has 21 heavy (non-hydrogen) atoms. The zero-order valence-electron chi connectivity index (χ0n) is 10.7. The fourth-order valence-electron chi connectivity index (χ4n) is 1.66. The van der Waals surface area contributed by atoms with Gasteiger partial charge in [-0.1, -0.05) is 27.5 Å². The standard InChI is InChI=1S/C13H10Br2ClNO3S/c1-20-13-11(15)6-9(16)7-12(13)17-21(18,19)10-4-2-8(14)3-5-10/h2-7,17H,1H3. The van der Waals surface area contributed by atoms with Crippen LogP contribution in [0.5, 0.6) is 5.75 Å². The van der Waals surface area contributed by atoms with Gasteiger partial charge in [-0.3, -0.25) is 4.72 Å². The molecule has 0 atom stereocenters. The molecule has 4 nitrogen and oxygen atoms in total. The minimum atomic E-state index is -3.73. The summed E-state index contributed by atoms with van der Waals surface area (Å²) in [7, 11) is -2.28. The van der Waals surface area contributed by atoms with Crippen molar-refractivity contribution in [2.45, 2.75) is 4.90 Å². The number of nitrogens with one attached hydrogen (secondary N) is 1. The molecule has 0 aliphatic heterocycles. The van der Waals surface area contributed by atoms with Gasteiger partial charge >= 0.3 is 0 Å². The first-order chi connectivity index (χ1) is 9.83. The van der Waals surface area contributed by atoms with Crippen LogP contribution in [0.2, 0.25) is 5.02 Å².